The number of imidazole rings is 1. The molecule has 2 saturated carbocycles. The highest BCUT2D eigenvalue weighted by atomic mass is 35.5. The van der Waals surface area contributed by atoms with Crippen LogP contribution in [0.15, 0.2) is 23.0 Å². The number of aryl methyl sites for hydroxylation is 2. The Morgan fingerprint density at radius 2 is 1.75 bits per heavy atom. The SMILES string of the molecule is Cn1c(=O)n(C)c2cc(C(Cl)C3CC4CC4C3)ccc21. The summed E-state index contributed by atoms with van der Waals surface area (Å²) in [5.41, 5.74) is 3.13. The fraction of sp³-hybridized carbons (Fsp3) is 0.562. The fourth-order valence-corrected chi connectivity index (χ4v) is 4.31. The molecule has 3 nitrogen and oxygen atoms in total. The topological polar surface area (TPSA) is 26.9 Å². The molecule has 2 aromatic rings. The summed E-state index contributed by atoms with van der Waals surface area (Å²) in [6.45, 7) is 0. The molecule has 0 saturated heterocycles. The second-order valence-electron chi connectivity index (χ2n) is 6.54. The van der Waals surface area contributed by atoms with Crippen molar-refractivity contribution >= 4 is 22.6 Å². The van der Waals surface area contributed by atoms with E-state index in [2.05, 4.69) is 12.1 Å². The van der Waals surface area contributed by atoms with Gasteiger partial charge in [0.15, 0.2) is 0 Å². The largest absolute Gasteiger partial charge is 0.328 e. The highest BCUT2D eigenvalue weighted by Crippen LogP contribution is 2.58. The van der Waals surface area contributed by atoms with Crippen LogP contribution in [0.25, 0.3) is 11.0 Å². The zero-order valence-electron chi connectivity index (χ0n) is 11.8. The van der Waals surface area contributed by atoms with E-state index in [1.54, 1.807) is 9.13 Å². The first-order valence-corrected chi connectivity index (χ1v) is 7.79. The van der Waals surface area contributed by atoms with Gasteiger partial charge in [-0.25, -0.2) is 4.79 Å². The summed E-state index contributed by atoms with van der Waals surface area (Å²) in [6.07, 6.45) is 3.99. The second-order valence-corrected chi connectivity index (χ2v) is 7.01. The average molecular weight is 291 g/mol. The first-order chi connectivity index (χ1) is 9.56. The van der Waals surface area contributed by atoms with Gasteiger partial charge in [-0.05, 0) is 54.7 Å². The average Bonchev–Trinajstić information content (AvgIpc) is 3.02. The van der Waals surface area contributed by atoms with Crippen molar-refractivity contribution < 1.29 is 0 Å². The Morgan fingerprint density at radius 3 is 2.45 bits per heavy atom. The lowest BCUT2D eigenvalue weighted by Crippen LogP contribution is -2.19. The number of fused-ring (bicyclic) bond motifs is 2. The van der Waals surface area contributed by atoms with E-state index in [9.17, 15) is 4.79 Å². The minimum Gasteiger partial charge on any atom is -0.295 e. The van der Waals surface area contributed by atoms with Gasteiger partial charge in [-0.3, -0.25) is 9.13 Å². The van der Waals surface area contributed by atoms with Gasteiger partial charge in [0, 0.05) is 14.1 Å². The summed E-state index contributed by atoms with van der Waals surface area (Å²) in [5, 5.41) is 0.0857. The molecule has 1 aromatic heterocycles. The Balaban J connectivity index is 1.73. The summed E-state index contributed by atoms with van der Waals surface area (Å²) in [6, 6.07) is 6.21. The van der Waals surface area contributed by atoms with Crippen LogP contribution in [-0.4, -0.2) is 9.13 Å². The van der Waals surface area contributed by atoms with E-state index in [1.165, 1.54) is 19.3 Å². The molecular formula is C16H19ClN2O. The summed E-state index contributed by atoms with van der Waals surface area (Å²) in [7, 11) is 3.63. The third-order valence-corrected chi connectivity index (χ3v) is 5.92. The Hall–Kier alpha value is -1.22. The van der Waals surface area contributed by atoms with Crippen molar-refractivity contribution in [2.24, 2.45) is 31.8 Å². The minimum absolute atomic E-state index is 0.0189. The first-order valence-electron chi connectivity index (χ1n) is 7.35. The van der Waals surface area contributed by atoms with E-state index in [1.807, 2.05) is 20.2 Å². The van der Waals surface area contributed by atoms with Crippen molar-refractivity contribution in [2.75, 3.05) is 0 Å². The maximum absolute atomic E-state index is 12.0. The maximum atomic E-state index is 12.0. The molecule has 0 aliphatic heterocycles. The van der Waals surface area contributed by atoms with Crippen molar-refractivity contribution in [2.45, 2.75) is 24.6 Å². The van der Waals surface area contributed by atoms with Crippen molar-refractivity contribution in [3.05, 3.63) is 34.2 Å². The Bertz CT molecular complexity index is 735. The fourth-order valence-electron chi connectivity index (χ4n) is 3.97. The van der Waals surface area contributed by atoms with Crippen LogP contribution in [0.3, 0.4) is 0 Å². The van der Waals surface area contributed by atoms with Crippen LogP contribution in [0, 0.1) is 17.8 Å². The maximum Gasteiger partial charge on any atom is 0.328 e. The molecule has 2 aliphatic carbocycles. The summed E-state index contributed by atoms with van der Waals surface area (Å²) >= 11 is 6.70. The van der Waals surface area contributed by atoms with E-state index in [4.69, 9.17) is 11.6 Å². The van der Waals surface area contributed by atoms with E-state index in [0.717, 1.165) is 28.4 Å². The lowest BCUT2D eigenvalue weighted by molar-refractivity contribution is 0.471. The molecule has 0 amide bonds. The first kappa shape index (κ1) is 12.5. The van der Waals surface area contributed by atoms with Gasteiger partial charge in [-0.1, -0.05) is 6.07 Å². The van der Waals surface area contributed by atoms with Crippen LogP contribution in [-0.2, 0) is 14.1 Å². The second kappa shape index (κ2) is 4.14. The molecule has 0 spiro atoms. The molecule has 20 heavy (non-hydrogen) atoms. The molecule has 3 atom stereocenters. The summed E-state index contributed by atoms with van der Waals surface area (Å²) < 4.78 is 3.39. The van der Waals surface area contributed by atoms with Crippen molar-refractivity contribution in [3.8, 4) is 0 Å². The molecule has 2 fully saturated rings. The standard InChI is InChI=1S/C16H19ClN2O/c1-18-13-4-3-9(8-14(13)19(2)16(18)20)15(17)12-6-10-5-11(10)7-12/h3-4,8,10-12,15H,5-7H2,1-2H3. The van der Waals surface area contributed by atoms with Crippen LogP contribution in [0.4, 0.5) is 0 Å². The van der Waals surface area contributed by atoms with E-state index in [0.29, 0.717) is 5.92 Å². The number of halogens is 1. The van der Waals surface area contributed by atoms with Crippen LogP contribution in [0.1, 0.15) is 30.2 Å². The van der Waals surface area contributed by atoms with Gasteiger partial charge in [0.1, 0.15) is 0 Å². The zero-order chi connectivity index (χ0) is 14.0. The van der Waals surface area contributed by atoms with Crippen molar-refractivity contribution in [1.82, 2.24) is 9.13 Å². The van der Waals surface area contributed by atoms with Gasteiger partial charge >= 0.3 is 5.69 Å². The quantitative estimate of drug-likeness (QED) is 0.780. The van der Waals surface area contributed by atoms with Crippen LogP contribution < -0.4 is 5.69 Å². The molecule has 0 N–H and O–H groups in total. The molecule has 2 aliphatic rings. The summed E-state index contributed by atoms with van der Waals surface area (Å²) in [5.74, 6) is 2.51. The molecule has 3 unspecified atom stereocenters. The van der Waals surface area contributed by atoms with Gasteiger partial charge in [-0.15, -0.1) is 11.6 Å². The van der Waals surface area contributed by atoms with E-state index < -0.39 is 0 Å². The van der Waals surface area contributed by atoms with Crippen LogP contribution in [0.5, 0.6) is 0 Å². The molecule has 1 aromatic carbocycles. The predicted molar refractivity (Wildman–Crippen MR) is 81.1 cm³/mol. The Kier molecular flexibility index (Phi) is 2.59. The molecule has 4 rings (SSSR count). The highest BCUT2D eigenvalue weighted by molar-refractivity contribution is 6.21. The lowest BCUT2D eigenvalue weighted by atomic mass is 9.94. The monoisotopic (exact) mass is 290 g/mol. The number of rotatable bonds is 2. The van der Waals surface area contributed by atoms with Gasteiger partial charge in [0.25, 0.3) is 0 Å². The number of hydrogen-bond acceptors (Lipinski definition) is 1. The third kappa shape index (κ3) is 1.69. The lowest BCUT2D eigenvalue weighted by Gasteiger charge is -2.19. The van der Waals surface area contributed by atoms with E-state index in [-0.39, 0.29) is 11.1 Å². The predicted octanol–water partition coefficient (Wildman–Crippen LogP) is 3.20. The number of nitrogens with zero attached hydrogens (tertiary/aromatic N) is 2. The summed E-state index contributed by atoms with van der Waals surface area (Å²) in [4.78, 5) is 12.0. The van der Waals surface area contributed by atoms with Crippen molar-refractivity contribution in [1.29, 1.82) is 0 Å². The molecule has 0 bridgehead atoms. The number of benzene rings is 1. The highest BCUT2D eigenvalue weighted by Gasteiger charge is 2.47. The Morgan fingerprint density at radius 1 is 1.10 bits per heavy atom. The number of alkyl halides is 1. The molecule has 4 heteroatoms. The van der Waals surface area contributed by atoms with Crippen molar-refractivity contribution in [3.63, 3.8) is 0 Å². The molecule has 1 heterocycles. The van der Waals surface area contributed by atoms with Crippen LogP contribution >= 0.6 is 11.6 Å². The van der Waals surface area contributed by atoms with Gasteiger partial charge in [0.2, 0.25) is 0 Å². The normalized spacial score (nSPS) is 29.6. The van der Waals surface area contributed by atoms with E-state index >= 15 is 0 Å². The number of aromatic nitrogens is 2. The molecule has 106 valence electrons. The molecule has 0 radical (unpaired) electrons. The zero-order valence-corrected chi connectivity index (χ0v) is 12.6. The minimum atomic E-state index is 0.0189. The van der Waals surface area contributed by atoms with Gasteiger partial charge < -0.3 is 0 Å². The van der Waals surface area contributed by atoms with Crippen LogP contribution in [0.2, 0.25) is 0 Å². The van der Waals surface area contributed by atoms with Gasteiger partial charge in [-0.2, -0.15) is 0 Å². The smallest absolute Gasteiger partial charge is 0.295 e. The van der Waals surface area contributed by atoms with Gasteiger partial charge in [0.05, 0.1) is 16.4 Å². The molecular weight excluding hydrogens is 272 g/mol. The third-order valence-electron chi connectivity index (χ3n) is 5.31. The number of hydrogen-bond donors (Lipinski definition) is 0. The Labute approximate surface area is 123 Å².